The molecule has 0 aliphatic carbocycles. The average Bonchev–Trinajstić information content (AvgIpc) is 2.03. The van der Waals surface area contributed by atoms with E-state index in [1.54, 1.807) is 0 Å². The van der Waals surface area contributed by atoms with E-state index >= 15 is 0 Å². The number of rotatable bonds is 7. The molecule has 13 heavy (non-hydrogen) atoms. The number of hydrogen-bond donors (Lipinski definition) is 3. The van der Waals surface area contributed by atoms with Gasteiger partial charge in [-0.05, 0) is 19.4 Å². The molecule has 0 saturated carbocycles. The summed E-state index contributed by atoms with van der Waals surface area (Å²) in [5.74, 6) is -0.660. The molecule has 0 aliphatic heterocycles. The van der Waals surface area contributed by atoms with Gasteiger partial charge in [-0.3, -0.25) is 9.59 Å². The Balaban J connectivity index is 3.63. The highest BCUT2D eigenvalue weighted by atomic mass is 16.1. The molecule has 0 rings (SSSR count). The summed E-state index contributed by atoms with van der Waals surface area (Å²) in [7, 11) is 0. The second-order valence-corrected chi connectivity index (χ2v) is 2.99. The summed E-state index contributed by atoms with van der Waals surface area (Å²) in [6, 6.07) is -0.740. The highest BCUT2D eigenvalue weighted by Gasteiger charge is 2.14. The maximum absolute atomic E-state index is 11.2. The SMILES string of the molecule is NCCCCC(=O)[C@@H](N)CC(N)=O. The van der Waals surface area contributed by atoms with Crippen molar-refractivity contribution < 1.29 is 9.59 Å². The molecular weight excluding hydrogens is 170 g/mol. The first kappa shape index (κ1) is 12.1. The molecule has 6 N–H and O–H groups in total. The Morgan fingerprint density at radius 2 is 1.85 bits per heavy atom. The van der Waals surface area contributed by atoms with Crippen molar-refractivity contribution in [1.29, 1.82) is 0 Å². The van der Waals surface area contributed by atoms with E-state index in [-0.39, 0.29) is 12.2 Å². The third kappa shape index (κ3) is 6.24. The first-order chi connectivity index (χ1) is 6.07. The third-order valence-electron chi connectivity index (χ3n) is 1.71. The summed E-state index contributed by atoms with van der Waals surface area (Å²) in [5, 5.41) is 0. The van der Waals surface area contributed by atoms with Gasteiger partial charge >= 0.3 is 0 Å². The van der Waals surface area contributed by atoms with Crippen LogP contribution in [0.15, 0.2) is 0 Å². The summed E-state index contributed by atoms with van der Waals surface area (Å²) in [4.78, 5) is 21.6. The average molecular weight is 187 g/mol. The van der Waals surface area contributed by atoms with Crippen molar-refractivity contribution in [3.63, 3.8) is 0 Å². The molecule has 0 aromatic carbocycles. The van der Waals surface area contributed by atoms with Crippen LogP contribution in [0.5, 0.6) is 0 Å². The Labute approximate surface area is 77.6 Å². The molecule has 76 valence electrons. The van der Waals surface area contributed by atoms with Gasteiger partial charge in [0.05, 0.1) is 6.04 Å². The first-order valence-corrected chi connectivity index (χ1v) is 4.34. The van der Waals surface area contributed by atoms with E-state index in [1.807, 2.05) is 0 Å². The monoisotopic (exact) mass is 187 g/mol. The topological polar surface area (TPSA) is 112 Å². The zero-order valence-electron chi connectivity index (χ0n) is 7.66. The van der Waals surface area contributed by atoms with Gasteiger partial charge in [0.1, 0.15) is 5.78 Å². The van der Waals surface area contributed by atoms with Crippen LogP contribution >= 0.6 is 0 Å². The molecule has 1 atom stereocenters. The van der Waals surface area contributed by atoms with Gasteiger partial charge in [-0.2, -0.15) is 0 Å². The predicted octanol–water partition coefficient (Wildman–Crippen LogP) is -1.11. The largest absolute Gasteiger partial charge is 0.370 e. The van der Waals surface area contributed by atoms with Crippen LogP contribution in [-0.4, -0.2) is 24.3 Å². The fraction of sp³-hybridized carbons (Fsp3) is 0.750. The molecule has 0 spiro atoms. The smallest absolute Gasteiger partial charge is 0.219 e. The van der Waals surface area contributed by atoms with Crippen molar-refractivity contribution in [1.82, 2.24) is 0 Å². The summed E-state index contributed by atoms with van der Waals surface area (Å²) in [6.45, 7) is 0.568. The highest BCUT2D eigenvalue weighted by molar-refractivity contribution is 5.88. The molecule has 1 amide bonds. The van der Waals surface area contributed by atoms with Gasteiger partial charge in [0.25, 0.3) is 0 Å². The molecule has 0 aliphatic rings. The lowest BCUT2D eigenvalue weighted by atomic mass is 10.0. The summed E-state index contributed by atoms with van der Waals surface area (Å²) >= 11 is 0. The minimum Gasteiger partial charge on any atom is -0.370 e. The molecule has 0 aromatic heterocycles. The Morgan fingerprint density at radius 3 is 2.31 bits per heavy atom. The molecule has 5 nitrogen and oxygen atoms in total. The maximum atomic E-state index is 11.2. The van der Waals surface area contributed by atoms with Crippen LogP contribution < -0.4 is 17.2 Å². The fourth-order valence-electron chi connectivity index (χ4n) is 0.960. The number of carbonyl (C=O) groups excluding carboxylic acids is 2. The van der Waals surface area contributed by atoms with E-state index in [4.69, 9.17) is 17.2 Å². The Kier molecular flexibility index (Phi) is 6.09. The standard InChI is InChI=1S/C8H17N3O2/c9-4-2-1-3-7(12)6(10)5-8(11)13/h6H,1-5,9-10H2,(H2,11,13)/t6-/m0/s1. The van der Waals surface area contributed by atoms with Crippen LogP contribution in [0.4, 0.5) is 0 Å². The zero-order chi connectivity index (χ0) is 10.3. The van der Waals surface area contributed by atoms with Gasteiger partial charge in [-0.1, -0.05) is 0 Å². The van der Waals surface area contributed by atoms with Crippen LogP contribution in [0.25, 0.3) is 0 Å². The summed E-state index contributed by atoms with van der Waals surface area (Å²) in [5.41, 5.74) is 15.6. The number of hydrogen-bond acceptors (Lipinski definition) is 4. The molecule has 0 fully saturated rings. The van der Waals surface area contributed by atoms with Crippen molar-refractivity contribution in [2.24, 2.45) is 17.2 Å². The molecule has 0 radical (unpaired) electrons. The fourth-order valence-corrected chi connectivity index (χ4v) is 0.960. The molecule has 0 unspecified atom stereocenters. The second kappa shape index (κ2) is 6.56. The molecule has 0 saturated heterocycles. The van der Waals surface area contributed by atoms with E-state index in [0.717, 1.165) is 12.8 Å². The van der Waals surface area contributed by atoms with E-state index < -0.39 is 11.9 Å². The van der Waals surface area contributed by atoms with Crippen LogP contribution in [0.2, 0.25) is 0 Å². The molecule has 0 bridgehead atoms. The van der Waals surface area contributed by atoms with Crippen LogP contribution in [0.3, 0.4) is 0 Å². The van der Waals surface area contributed by atoms with Crippen molar-refractivity contribution >= 4 is 11.7 Å². The lowest BCUT2D eigenvalue weighted by Gasteiger charge is -2.07. The van der Waals surface area contributed by atoms with E-state index in [0.29, 0.717) is 13.0 Å². The van der Waals surface area contributed by atoms with Crippen LogP contribution in [0.1, 0.15) is 25.7 Å². The van der Waals surface area contributed by atoms with Crippen molar-refractivity contribution in [2.75, 3.05) is 6.54 Å². The lowest BCUT2D eigenvalue weighted by molar-refractivity contribution is -0.125. The van der Waals surface area contributed by atoms with E-state index in [1.165, 1.54) is 0 Å². The molecular formula is C8H17N3O2. The molecule has 5 heteroatoms. The minimum atomic E-state index is -0.740. The predicted molar refractivity (Wildman–Crippen MR) is 49.7 cm³/mol. The highest BCUT2D eigenvalue weighted by Crippen LogP contribution is 1.99. The van der Waals surface area contributed by atoms with E-state index in [9.17, 15) is 9.59 Å². The number of ketones is 1. The van der Waals surface area contributed by atoms with Crippen molar-refractivity contribution in [3.8, 4) is 0 Å². The number of carbonyl (C=O) groups is 2. The van der Waals surface area contributed by atoms with Gasteiger partial charge in [0, 0.05) is 12.8 Å². The Bertz CT molecular complexity index is 182. The van der Waals surface area contributed by atoms with Gasteiger partial charge in [-0.25, -0.2) is 0 Å². The van der Waals surface area contributed by atoms with Crippen molar-refractivity contribution in [2.45, 2.75) is 31.7 Å². The molecule has 0 aromatic rings. The number of primary amides is 1. The number of amides is 1. The molecule has 0 heterocycles. The lowest BCUT2D eigenvalue weighted by Crippen LogP contribution is -2.34. The van der Waals surface area contributed by atoms with Gasteiger partial charge in [0.15, 0.2) is 0 Å². The maximum Gasteiger partial charge on any atom is 0.219 e. The van der Waals surface area contributed by atoms with Gasteiger partial charge in [0.2, 0.25) is 5.91 Å². The quantitative estimate of drug-likeness (QED) is 0.438. The van der Waals surface area contributed by atoms with Gasteiger partial charge < -0.3 is 17.2 Å². The van der Waals surface area contributed by atoms with Crippen molar-refractivity contribution in [3.05, 3.63) is 0 Å². The van der Waals surface area contributed by atoms with E-state index in [2.05, 4.69) is 0 Å². The van der Waals surface area contributed by atoms with Crippen LogP contribution in [0, 0.1) is 0 Å². The normalized spacial score (nSPS) is 12.5. The number of nitrogens with two attached hydrogens (primary N) is 3. The Morgan fingerprint density at radius 1 is 1.23 bits per heavy atom. The second-order valence-electron chi connectivity index (χ2n) is 2.99. The zero-order valence-corrected chi connectivity index (χ0v) is 7.66. The third-order valence-corrected chi connectivity index (χ3v) is 1.71. The minimum absolute atomic E-state index is 0.0680. The van der Waals surface area contributed by atoms with Crippen LogP contribution in [-0.2, 0) is 9.59 Å². The number of Topliss-reactive ketones (excluding diaryl/α,β-unsaturated/α-hetero) is 1. The summed E-state index contributed by atoms with van der Waals surface area (Å²) < 4.78 is 0. The number of unbranched alkanes of at least 4 members (excludes halogenated alkanes) is 1. The Hall–Kier alpha value is -0.940. The first-order valence-electron chi connectivity index (χ1n) is 4.34. The summed E-state index contributed by atoms with van der Waals surface area (Å²) in [6.07, 6.45) is 1.84. The van der Waals surface area contributed by atoms with Gasteiger partial charge in [-0.15, -0.1) is 0 Å².